The number of benzene rings is 2. The Morgan fingerprint density at radius 2 is 1.93 bits per heavy atom. The van der Waals surface area contributed by atoms with Crippen LogP contribution in [-0.2, 0) is 32.5 Å². The molecule has 0 fully saturated rings. The van der Waals surface area contributed by atoms with Crippen molar-refractivity contribution in [1.29, 1.82) is 0 Å². The van der Waals surface area contributed by atoms with Gasteiger partial charge in [-0.3, -0.25) is 9.52 Å². The number of hydrogen-bond donors (Lipinski definition) is 1. The zero-order valence-corrected chi connectivity index (χ0v) is 23.6. The van der Waals surface area contributed by atoms with Crippen LogP contribution < -0.4 is 5.32 Å². The molecule has 0 bridgehead atoms. The molecule has 12 heteroatoms. The molecular formula is C28H33N7O4S. The van der Waals surface area contributed by atoms with Crippen molar-refractivity contribution in [3.05, 3.63) is 83.8 Å². The first-order valence-corrected chi connectivity index (χ1v) is 15.0. The van der Waals surface area contributed by atoms with E-state index in [1.807, 2.05) is 53.2 Å². The SMILES string of the molecule is COC1=Cc2c(ncnc2Nc2ccc3c(cnn3Cc3ccccc3)c2)CN1OCCN(C)CCS(C)(=O)=O. The Hall–Kier alpha value is -4.00. The van der Waals surface area contributed by atoms with Gasteiger partial charge >= 0.3 is 0 Å². The molecule has 0 amide bonds. The Labute approximate surface area is 233 Å². The molecule has 5 rings (SSSR count). The first-order chi connectivity index (χ1) is 19.3. The molecule has 0 spiro atoms. The van der Waals surface area contributed by atoms with Crippen LogP contribution in [0.1, 0.15) is 16.8 Å². The lowest BCUT2D eigenvalue weighted by molar-refractivity contribution is -0.171. The van der Waals surface area contributed by atoms with Gasteiger partial charge in [-0.15, -0.1) is 0 Å². The predicted octanol–water partition coefficient (Wildman–Crippen LogP) is 3.29. The lowest BCUT2D eigenvalue weighted by Crippen LogP contribution is -2.33. The number of ether oxygens (including phenoxy) is 1. The number of hydroxylamine groups is 2. The van der Waals surface area contributed by atoms with Crippen molar-refractivity contribution in [1.82, 2.24) is 29.7 Å². The quantitative estimate of drug-likeness (QED) is 0.275. The Morgan fingerprint density at radius 3 is 2.70 bits per heavy atom. The molecule has 11 nitrogen and oxygen atoms in total. The van der Waals surface area contributed by atoms with Crippen LogP contribution in [0.15, 0.2) is 66.9 Å². The summed E-state index contributed by atoms with van der Waals surface area (Å²) in [6.07, 6.45) is 6.49. The molecule has 0 unspecified atom stereocenters. The second-order valence-electron chi connectivity index (χ2n) is 9.76. The number of anilines is 2. The van der Waals surface area contributed by atoms with E-state index in [1.165, 1.54) is 18.1 Å². The fourth-order valence-electron chi connectivity index (χ4n) is 4.41. The normalized spacial score (nSPS) is 13.4. The van der Waals surface area contributed by atoms with Crippen molar-refractivity contribution in [3.63, 3.8) is 0 Å². The summed E-state index contributed by atoms with van der Waals surface area (Å²) in [6, 6.07) is 16.4. The van der Waals surface area contributed by atoms with Crippen LogP contribution >= 0.6 is 0 Å². The number of hydrogen-bond acceptors (Lipinski definition) is 10. The molecule has 2 aromatic heterocycles. The predicted molar refractivity (Wildman–Crippen MR) is 154 cm³/mol. The molecule has 0 saturated heterocycles. The molecule has 0 saturated carbocycles. The fraction of sp³-hybridized carbons (Fsp3) is 0.321. The maximum atomic E-state index is 11.4. The highest BCUT2D eigenvalue weighted by Crippen LogP contribution is 2.30. The number of methoxy groups -OCH3 is 1. The van der Waals surface area contributed by atoms with Gasteiger partial charge in [0.2, 0.25) is 5.88 Å². The van der Waals surface area contributed by atoms with Gasteiger partial charge in [0.05, 0.1) is 50.0 Å². The van der Waals surface area contributed by atoms with Gasteiger partial charge < -0.3 is 15.0 Å². The number of aromatic nitrogens is 4. The van der Waals surface area contributed by atoms with E-state index in [0.29, 0.717) is 44.5 Å². The Morgan fingerprint density at radius 1 is 1.10 bits per heavy atom. The van der Waals surface area contributed by atoms with E-state index in [2.05, 4.69) is 44.6 Å². The van der Waals surface area contributed by atoms with Crippen molar-refractivity contribution in [2.45, 2.75) is 13.1 Å². The van der Waals surface area contributed by atoms with E-state index in [1.54, 1.807) is 12.2 Å². The van der Waals surface area contributed by atoms with E-state index < -0.39 is 9.84 Å². The Balaban J connectivity index is 1.26. The second-order valence-corrected chi connectivity index (χ2v) is 12.0. The third kappa shape index (κ3) is 6.76. The molecule has 0 aliphatic carbocycles. The number of nitrogens with zero attached hydrogens (tertiary/aromatic N) is 6. The highest BCUT2D eigenvalue weighted by molar-refractivity contribution is 7.90. The van der Waals surface area contributed by atoms with Crippen molar-refractivity contribution in [2.75, 3.05) is 51.2 Å². The van der Waals surface area contributed by atoms with Crippen molar-refractivity contribution < 1.29 is 18.0 Å². The summed E-state index contributed by atoms with van der Waals surface area (Å²) in [4.78, 5) is 16.8. The molecular weight excluding hydrogens is 530 g/mol. The highest BCUT2D eigenvalue weighted by atomic mass is 32.2. The summed E-state index contributed by atoms with van der Waals surface area (Å²) in [7, 11) is 0.446. The summed E-state index contributed by atoms with van der Waals surface area (Å²) in [5.74, 6) is 1.30. The third-order valence-corrected chi connectivity index (χ3v) is 7.55. The van der Waals surface area contributed by atoms with Crippen molar-refractivity contribution >= 4 is 38.3 Å². The minimum atomic E-state index is -3.01. The molecule has 210 valence electrons. The van der Waals surface area contributed by atoms with Gasteiger partial charge in [0.15, 0.2) is 0 Å². The topological polar surface area (TPSA) is 115 Å². The highest BCUT2D eigenvalue weighted by Gasteiger charge is 2.24. The maximum Gasteiger partial charge on any atom is 0.214 e. The van der Waals surface area contributed by atoms with Gasteiger partial charge in [-0.05, 0) is 30.8 Å². The first kappa shape index (κ1) is 27.6. The minimum absolute atomic E-state index is 0.111. The summed E-state index contributed by atoms with van der Waals surface area (Å²) in [6.45, 7) is 2.46. The second kappa shape index (κ2) is 12.0. The standard InChI is InChI=1S/C28H33N7O4S/c1-33(12-14-40(3,36)37)11-13-39-35-19-25-24(16-27(35)38-2)28(30-20-29-25)32-23-9-10-26-22(15-23)17-31-34(26)18-21-7-5-4-6-8-21/h4-10,15-17,20H,11-14,18-19H2,1-3H3,(H,29,30,32). The van der Waals surface area contributed by atoms with E-state index in [-0.39, 0.29) is 5.75 Å². The van der Waals surface area contributed by atoms with Gasteiger partial charge in [0.1, 0.15) is 22.0 Å². The van der Waals surface area contributed by atoms with E-state index in [9.17, 15) is 8.42 Å². The lowest BCUT2D eigenvalue weighted by atomic mass is 10.1. The summed E-state index contributed by atoms with van der Waals surface area (Å²) in [5, 5.41) is 10.7. The number of fused-ring (bicyclic) bond motifs is 2. The van der Waals surface area contributed by atoms with E-state index >= 15 is 0 Å². The molecule has 40 heavy (non-hydrogen) atoms. The molecule has 4 aromatic rings. The van der Waals surface area contributed by atoms with Gasteiger partial charge in [0.25, 0.3) is 0 Å². The van der Waals surface area contributed by atoms with Gasteiger partial charge in [-0.1, -0.05) is 30.3 Å². The molecule has 2 aromatic carbocycles. The Bertz CT molecular complexity index is 1610. The zero-order valence-electron chi connectivity index (χ0n) is 22.8. The van der Waals surface area contributed by atoms with Crippen LogP contribution in [0.25, 0.3) is 17.0 Å². The van der Waals surface area contributed by atoms with Crippen LogP contribution in [0.3, 0.4) is 0 Å². The van der Waals surface area contributed by atoms with Crippen LogP contribution in [0.2, 0.25) is 0 Å². The molecule has 0 radical (unpaired) electrons. The average molecular weight is 564 g/mol. The smallest absolute Gasteiger partial charge is 0.214 e. The summed E-state index contributed by atoms with van der Waals surface area (Å²) < 4.78 is 30.4. The lowest BCUT2D eigenvalue weighted by Gasteiger charge is -2.29. The number of likely N-dealkylation sites (N-methyl/N-ethyl adjacent to an activating group) is 1. The van der Waals surface area contributed by atoms with E-state index in [0.717, 1.165) is 27.8 Å². The van der Waals surface area contributed by atoms with Gasteiger partial charge in [-0.2, -0.15) is 5.10 Å². The maximum absolute atomic E-state index is 11.4. The number of rotatable bonds is 12. The molecule has 0 atom stereocenters. The number of nitrogens with one attached hydrogen (secondary N) is 1. The van der Waals surface area contributed by atoms with Gasteiger partial charge in [-0.25, -0.2) is 23.4 Å². The van der Waals surface area contributed by atoms with Crippen molar-refractivity contribution in [2.24, 2.45) is 0 Å². The molecule has 1 aliphatic heterocycles. The van der Waals surface area contributed by atoms with Crippen molar-refractivity contribution in [3.8, 4) is 0 Å². The van der Waals surface area contributed by atoms with Gasteiger partial charge in [0, 0.05) is 42.1 Å². The summed E-state index contributed by atoms with van der Waals surface area (Å²) in [5.41, 5.74) is 4.75. The fourth-order valence-corrected chi connectivity index (χ4v) is 5.06. The van der Waals surface area contributed by atoms with E-state index in [4.69, 9.17) is 9.57 Å². The number of sulfone groups is 1. The minimum Gasteiger partial charge on any atom is -0.481 e. The monoisotopic (exact) mass is 563 g/mol. The zero-order chi connectivity index (χ0) is 28.1. The largest absolute Gasteiger partial charge is 0.481 e. The van der Waals surface area contributed by atoms with Crippen LogP contribution in [-0.4, -0.2) is 84.0 Å². The summed E-state index contributed by atoms with van der Waals surface area (Å²) >= 11 is 0. The van der Waals surface area contributed by atoms with Crippen LogP contribution in [0, 0.1) is 0 Å². The van der Waals surface area contributed by atoms with Crippen LogP contribution in [0.4, 0.5) is 11.5 Å². The Kier molecular flexibility index (Phi) is 8.29. The third-order valence-electron chi connectivity index (χ3n) is 6.63. The molecule has 3 heterocycles. The molecule has 1 aliphatic rings. The average Bonchev–Trinajstić information content (AvgIpc) is 3.33. The first-order valence-electron chi connectivity index (χ1n) is 12.9. The molecule has 1 N–H and O–H groups in total. The van der Waals surface area contributed by atoms with Crippen LogP contribution in [0.5, 0.6) is 0 Å².